The predicted octanol–water partition coefficient (Wildman–Crippen LogP) is 2.66. The lowest BCUT2D eigenvalue weighted by molar-refractivity contribution is 1.05. The molecule has 16 heavy (non-hydrogen) atoms. The van der Waals surface area contributed by atoms with Crippen molar-refractivity contribution in [2.45, 2.75) is 13.8 Å². The fourth-order valence-corrected chi connectivity index (χ4v) is 1.76. The van der Waals surface area contributed by atoms with Crippen LogP contribution >= 0.6 is 22.6 Å². The predicted molar refractivity (Wildman–Crippen MR) is 72.5 cm³/mol. The number of nitrogens with zero attached hydrogens (tertiary/aromatic N) is 1. The molecular formula is C12H11IN2O. The number of hydrogen-bond acceptors (Lipinski definition) is 2. The number of aromatic nitrogens is 2. The van der Waals surface area contributed by atoms with Crippen LogP contribution in [0.5, 0.6) is 0 Å². The van der Waals surface area contributed by atoms with E-state index in [0.29, 0.717) is 9.39 Å². The van der Waals surface area contributed by atoms with E-state index in [9.17, 15) is 4.79 Å². The molecule has 0 saturated carbocycles. The lowest BCUT2D eigenvalue weighted by Crippen LogP contribution is -2.14. The molecule has 0 aliphatic rings. The van der Waals surface area contributed by atoms with Gasteiger partial charge in [0, 0.05) is 5.56 Å². The second-order valence-electron chi connectivity index (χ2n) is 3.68. The van der Waals surface area contributed by atoms with Gasteiger partial charge >= 0.3 is 0 Å². The van der Waals surface area contributed by atoms with Gasteiger partial charge in [-0.15, -0.1) is 0 Å². The molecule has 2 rings (SSSR count). The van der Waals surface area contributed by atoms with E-state index >= 15 is 0 Å². The largest absolute Gasteiger partial charge is 0.306 e. The van der Waals surface area contributed by atoms with Crippen molar-refractivity contribution in [3.8, 4) is 11.4 Å². The average Bonchev–Trinajstić information content (AvgIpc) is 2.25. The number of halogens is 1. The molecule has 1 N–H and O–H groups in total. The van der Waals surface area contributed by atoms with Gasteiger partial charge in [0.15, 0.2) is 0 Å². The molecular weight excluding hydrogens is 315 g/mol. The van der Waals surface area contributed by atoms with Gasteiger partial charge in [0.25, 0.3) is 5.56 Å². The Kier molecular flexibility index (Phi) is 3.09. The summed E-state index contributed by atoms with van der Waals surface area (Å²) in [5, 5.41) is 0. The van der Waals surface area contributed by atoms with E-state index in [2.05, 4.69) is 9.97 Å². The molecule has 0 atom stereocenters. The molecule has 1 aromatic carbocycles. The Morgan fingerprint density at radius 2 is 2.06 bits per heavy atom. The molecule has 1 heterocycles. The minimum absolute atomic E-state index is 0.0791. The first-order chi connectivity index (χ1) is 7.58. The maximum absolute atomic E-state index is 11.6. The number of benzene rings is 1. The van der Waals surface area contributed by atoms with Crippen molar-refractivity contribution >= 4 is 22.6 Å². The highest BCUT2D eigenvalue weighted by atomic mass is 127. The molecule has 1 aromatic heterocycles. The summed E-state index contributed by atoms with van der Waals surface area (Å²) in [7, 11) is 0. The zero-order valence-corrected chi connectivity index (χ0v) is 11.2. The summed E-state index contributed by atoms with van der Waals surface area (Å²) in [6.07, 6.45) is 0. The third-order valence-electron chi connectivity index (χ3n) is 2.32. The fourth-order valence-electron chi connectivity index (χ4n) is 1.50. The molecule has 0 saturated heterocycles. The Morgan fingerprint density at radius 3 is 2.69 bits per heavy atom. The SMILES string of the molecule is Cc1cccc(-c2nc(C)c(I)c(=O)[nH]2)c1. The number of aromatic amines is 1. The van der Waals surface area contributed by atoms with Crippen LogP contribution in [0.1, 0.15) is 11.3 Å². The summed E-state index contributed by atoms with van der Waals surface area (Å²) < 4.78 is 0.647. The van der Waals surface area contributed by atoms with Crippen LogP contribution in [0.3, 0.4) is 0 Å². The number of H-pyrrole nitrogens is 1. The second kappa shape index (κ2) is 4.37. The third-order valence-corrected chi connectivity index (χ3v) is 3.59. The van der Waals surface area contributed by atoms with Crippen molar-refractivity contribution < 1.29 is 0 Å². The summed E-state index contributed by atoms with van der Waals surface area (Å²) in [4.78, 5) is 18.8. The summed E-state index contributed by atoms with van der Waals surface area (Å²) >= 11 is 2.01. The second-order valence-corrected chi connectivity index (χ2v) is 4.76. The van der Waals surface area contributed by atoms with Gasteiger partial charge in [-0.3, -0.25) is 4.79 Å². The molecule has 4 heteroatoms. The van der Waals surface area contributed by atoms with Crippen LogP contribution in [0.25, 0.3) is 11.4 Å². The highest BCUT2D eigenvalue weighted by molar-refractivity contribution is 14.1. The van der Waals surface area contributed by atoms with E-state index < -0.39 is 0 Å². The number of nitrogens with one attached hydrogen (secondary N) is 1. The molecule has 82 valence electrons. The number of rotatable bonds is 1. The van der Waals surface area contributed by atoms with Crippen LogP contribution in [-0.4, -0.2) is 9.97 Å². The van der Waals surface area contributed by atoms with Crippen molar-refractivity contribution in [3.63, 3.8) is 0 Å². The van der Waals surface area contributed by atoms with Crippen LogP contribution in [0.4, 0.5) is 0 Å². The maximum Gasteiger partial charge on any atom is 0.264 e. The summed E-state index contributed by atoms with van der Waals surface area (Å²) in [6.45, 7) is 3.86. The van der Waals surface area contributed by atoms with Crippen LogP contribution in [0.15, 0.2) is 29.1 Å². The topological polar surface area (TPSA) is 45.8 Å². The molecule has 0 radical (unpaired) electrons. The highest BCUT2D eigenvalue weighted by Gasteiger charge is 2.06. The number of hydrogen-bond donors (Lipinski definition) is 1. The quantitative estimate of drug-likeness (QED) is 0.819. The number of aryl methyl sites for hydroxylation is 2. The molecule has 3 nitrogen and oxygen atoms in total. The molecule has 0 spiro atoms. The first kappa shape index (κ1) is 11.3. The van der Waals surface area contributed by atoms with Gasteiger partial charge in [-0.25, -0.2) is 4.98 Å². The van der Waals surface area contributed by atoms with Gasteiger partial charge in [0.05, 0.1) is 9.26 Å². The Hall–Kier alpha value is -1.17. The summed E-state index contributed by atoms with van der Waals surface area (Å²) in [6, 6.07) is 7.92. The van der Waals surface area contributed by atoms with Crippen LogP contribution in [0.2, 0.25) is 0 Å². The van der Waals surface area contributed by atoms with Crippen molar-refractivity contribution in [2.24, 2.45) is 0 Å². The van der Waals surface area contributed by atoms with Gasteiger partial charge in [-0.1, -0.05) is 23.8 Å². The normalized spacial score (nSPS) is 10.4. The molecule has 0 aliphatic carbocycles. The van der Waals surface area contributed by atoms with E-state index in [1.807, 2.05) is 60.7 Å². The molecule has 0 fully saturated rings. The highest BCUT2D eigenvalue weighted by Crippen LogP contribution is 2.16. The first-order valence-electron chi connectivity index (χ1n) is 4.91. The van der Waals surface area contributed by atoms with Crippen LogP contribution < -0.4 is 5.56 Å². The van der Waals surface area contributed by atoms with Crippen molar-refractivity contribution in [2.75, 3.05) is 0 Å². The average molecular weight is 326 g/mol. The minimum atomic E-state index is -0.0791. The maximum atomic E-state index is 11.6. The Morgan fingerprint density at radius 1 is 1.31 bits per heavy atom. The van der Waals surface area contributed by atoms with E-state index in [0.717, 1.165) is 16.8 Å². The lowest BCUT2D eigenvalue weighted by Gasteiger charge is -2.04. The molecule has 0 amide bonds. The molecule has 2 aromatic rings. The smallest absolute Gasteiger partial charge is 0.264 e. The lowest BCUT2D eigenvalue weighted by atomic mass is 10.1. The zero-order valence-electron chi connectivity index (χ0n) is 9.04. The Bertz CT molecular complexity index is 590. The van der Waals surface area contributed by atoms with Gasteiger partial charge in [-0.2, -0.15) is 0 Å². The Balaban J connectivity index is 2.61. The molecule has 0 unspecified atom stereocenters. The van der Waals surface area contributed by atoms with Gasteiger partial charge in [0.1, 0.15) is 5.82 Å². The summed E-state index contributed by atoms with van der Waals surface area (Å²) in [5.41, 5.74) is 2.78. The zero-order chi connectivity index (χ0) is 11.7. The Labute approximate surface area is 107 Å². The third kappa shape index (κ3) is 2.16. The van der Waals surface area contributed by atoms with E-state index in [4.69, 9.17) is 0 Å². The van der Waals surface area contributed by atoms with E-state index in [-0.39, 0.29) is 5.56 Å². The van der Waals surface area contributed by atoms with Gasteiger partial charge < -0.3 is 4.98 Å². The fraction of sp³-hybridized carbons (Fsp3) is 0.167. The first-order valence-corrected chi connectivity index (χ1v) is 5.99. The molecule has 0 bridgehead atoms. The monoisotopic (exact) mass is 326 g/mol. The van der Waals surface area contributed by atoms with E-state index in [1.54, 1.807) is 0 Å². The van der Waals surface area contributed by atoms with Crippen LogP contribution in [0, 0.1) is 17.4 Å². The van der Waals surface area contributed by atoms with Gasteiger partial charge in [-0.05, 0) is 42.5 Å². The standard InChI is InChI=1S/C12H11IN2O/c1-7-4-3-5-9(6-7)11-14-8(2)10(13)12(16)15-11/h3-6H,1-2H3,(H,14,15,16). The minimum Gasteiger partial charge on any atom is -0.306 e. The van der Waals surface area contributed by atoms with Gasteiger partial charge in [0.2, 0.25) is 0 Å². The van der Waals surface area contributed by atoms with Crippen molar-refractivity contribution in [1.82, 2.24) is 9.97 Å². The van der Waals surface area contributed by atoms with Crippen molar-refractivity contribution in [1.29, 1.82) is 0 Å². The van der Waals surface area contributed by atoms with Crippen molar-refractivity contribution in [3.05, 3.63) is 49.4 Å². The molecule has 0 aliphatic heterocycles. The summed E-state index contributed by atoms with van der Waals surface area (Å²) in [5.74, 6) is 0.631. The van der Waals surface area contributed by atoms with E-state index in [1.165, 1.54) is 0 Å². The van der Waals surface area contributed by atoms with Crippen LogP contribution in [-0.2, 0) is 0 Å².